The molecule has 2 N–H and O–H groups in total. The second-order valence-electron chi connectivity index (χ2n) is 4.31. The van der Waals surface area contributed by atoms with E-state index in [1.54, 1.807) is 7.11 Å². The summed E-state index contributed by atoms with van der Waals surface area (Å²) >= 11 is 6.06. The summed E-state index contributed by atoms with van der Waals surface area (Å²) in [5, 5.41) is 13.4. The fourth-order valence-corrected chi connectivity index (χ4v) is 2.28. The number of rotatable bonds is 4. The molecule has 0 heterocycles. The summed E-state index contributed by atoms with van der Waals surface area (Å²) in [6, 6.07) is 7.56. The number of benzene rings is 1. The number of aliphatic hydroxyl groups excluding tert-OH is 1. The number of ether oxygens (including phenoxy) is 1. The molecule has 0 radical (unpaired) electrons. The molecule has 3 nitrogen and oxygen atoms in total. The quantitative estimate of drug-likeness (QED) is 0.850. The van der Waals surface area contributed by atoms with E-state index in [-0.39, 0.29) is 18.2 Å². The fourth-order valence-electron chi connectivity index (χ4n) is 2.10. The van der Waals surface area contributed by atoms with Crippen molar-refractivity contribution in [2.24, 2.45) is 0 Å². The first-order valence-electron chi connectivity index (χ1n) is 5.35. The summed E-state index contributed by atoms with van der Waals surface area (Å²) in [4.78, 5) is 0. The number of nitrogens with one attached hydrogen (secondary N) is 1. The van der Waals surface area contributed by atoms with Crippen LogP contribution in [0, 0.1) is 0 Å². The van der Waals surface area contributed by atoms with Gasteiger partial charge in [0.2, 0.25) is 0 Å². The molecule has 0 amide bonds. The Kier molecular flexibility index (Phi) is 3.38. The van der Waals surface area contributed by atoms with Crippen molar-refractivity contribution in [2.45, 2.75) is 24.5 Å². The number of aliphatic hydroxyl groups is 1. The molecule has 0 aliphatic heterocycles. The lowest BCUT2D eigenvalue weighted by molar-refractivity contribution is -0.0256. The number of halogens is 1. The Bertz CT molecular complexity index is 364. The maximum atomic E-state index is 9.44. The van der Waals surface area contributed by atoms with Gasteiger partial charge in [-0.15, -0.1) is 0 Å². The topological polar surface area (TPSA) is 41.5 Å². The molecule has 0 saturated heterocycles. The Morgan fingerprint density at radius 1 is 1.50 bits per heavy atom. The van der Waals surface area contributed by atoms with Gasteiger partial charge in [0.05, 0.1) is 29.0 Å². The second kappa shape index (κ2) is 4.62. The minimum atomic E-state index is -0.272. The molecule has 0 unspecified atom stereocenters. The first kappa shape index (κ1) is 11.7. The lowest BCUT2D eigenvalue weighted by atomic mass is 9.74. The van der Waals surface area contributed by atoms with Crippen molar-refractivity contribution in [2.75, 3.05) is 19.0 Å². The van der Waals surface area contributed by atoms with Gasteiger partial charge < -0.3 is 15.2 Å². The Morgan fingerprint density at radius 3 is 2.75 bits per heavy atom. The summed E-state index contributed by atoms with van der Waals surface area (Å²) in [6.07, 6.45) is 1.86. The molecule has 88 valence electrons. The summed E-state index contributed by atoms with van der Waals surface area (Å²) in [6.45, 7) is 0.0953. The molecule has 0 aromatic heterocycles. The Labute approximate surface area is 100 Å². The van der Waals surface area contributed by atoms with Crippen LogP contribution < -0.4 is 5.32 Å². The van der Waals surface area contributed by atoms with Crippen LogP contribution in [-0.4, -0.2) is 30.5 Å². The van der Waals surface area contributed by atoms with Crippen molar-refractivity contribution in [1.29, 1.82) is 0 Å². The highest BCUT2D eigenvalue weighted by atomic mass is 35.5. The van der Waals surface area contributed by atoms with Gasteiger partial charge >= 0.3 is 0 Å². The fraction of sp³-hybridized carbons (Fsp3) is 0.500. The predicted molar refractivity (Wildman–Crippen MR) is 64.9 cm³/mol. The highest BCUT2D eigenvalue weighted by Gasteiger charge is 2.44. The van der Waals surface area contributed by atoms with Crippen LogP contribution in [0.25, 0.3) is 0 Å². The average Bonchev–Trinajstić information content (AvgIpc) is 2.25. The van der Waals surface area contributed by atoms with Gasteiger partial charge in [-0.05, 0) is 25.0 Å². The van der Waals surface area contributed by atoms with Crippen LogP contribution in [-0.2, 0) is 4.74 Å². The van der Waals surface area contributed by atoms with Crippen molar-refractivity contribution in [1.82, 2.24) is 0 Å². The number of methoxy groups -OCH3 is 1. The minimum absolute atomic E-state index is 0.0953. The molecule has 0 bridgehead atoms. The van der Waals surface area contributed by atoms with Gasteiger partial charge in [-0.1, -0.05) is 23.7 Å². The molecular formula is C12H16ClNO2. The number of para-hydroxylation sites is 1. The van der Waals surface area contributed by atoms with Crippen LogP contribution >= 0.6 is 11.6 Å². The van der Waals surface area contributed by atoms with Crippen molar-refractivity contribution < 1.29 is 9.84 Å². The van der Waals surface area contributed by atoms with Crippen molar-refractivity contribution in [3.63, 3.8) is 0 Å². The number of hydrogen-bond donors (Lipinski definition) is 2. The molecule has 0 spiro atoms. The van der Waals surface area contributed by atoms with E-state index in [0.29, 0.717) is 5.02 Å². The average molecular weight is 242 g/mol. The highest BCUT2D eigenvalue weighted by Crippen LogP contribution is 2.38. The van der Waals surface area contributed by atoms with Gasteiger partial charge in [-0.2, -0.15) is 0 Å². The van der Waals surface area contributed by atoms with Gasteiger partial charge in [0, 0.05) is 7.11 Å². The Hall–Kier alpha value is -0.770. The minimum Gasteiger partial charge on any atom is -0.394 e. The number of anilines is 1. The van der Waals surface area contributed by atoms with E-state index >= 15 is 0 Å². The Balaban J connectivity index is 2.06. The number of hydrogen-bond acceptors (Lipinski definition) is 3. The molecule has 0 atom stereocenters. The molecule has 4 heteroatoms. The van der Waals surface area contributed by atoms with E-state index < -0.39 is 0 Å². The van der Waals surface area contributed by atoms with Gasteiger partial charge in [-0.25, -0.2) is 0 Å². The van der Waals surface area contributed by atoms with Crippen molar-refractivity contribution in [3.8, 4) is 0 Å². The highest BCUT2D eigenvalue weighted by molar-refractivity contribution is 6.33. The van der Waals surface area contributed by atoms with Gasteiger partial charge in [0.25, 0.3) is 0 Å². The molecule has 1 aliphatic rings. The first-order chi connectivity index (χ1) is 7.69. The van der Waals surface area contributed by atoms with E-state index in [0.717, 1.165) is 18.5 Å². The van der Waals surface area contributed by atoms with Crippen LogP contribution in [0.15, 0.2) is 24.3 Å². The van der Waals surface area contributed by atoms with E-state index in [1.807, 2.05) is 24.3 Å². The third-order valence-electron chi connectivity index (χ3n) is 3.15. The van der Waals surface area contributed by atoms with E-state index in [2.05, 4.69) is 5.32 Å². The smallest absolute Gasteiger partial charge is 0.0663 e. The summed E-state index contributed by atoms with van der Waals surface area (Å²) in [5.74, 6) is 0. The van der Waals surface area contributed by atoms with Gasteiger partial charge in [0.15, 0.2) is 0 Å². The zero-order valence-corrected chi connectivity index (χ0v) is 10.00. The summed E-state index contributed by atoms with van der Waals surface area (Å²) in [7, 11) is 1.70. The van der Waals surface area contributed by atoms with E-state index in [4.69, 9.17) is 16.3 Å². The summed E-state index contributed by atoms with van der Waals surface area (Å²) < 4.78 is 5.23. The lowest BCUT2D eigenvalue weighted by Gasteiger charge is -2.47. The third-order valence-corrected chi connectivity index (χ3v) is 3.48. The predicted octanol–water partition coefficient (Wildman–Crippen LogP) is 2.29. The standard InChI is InChI=1S/C12H16ClNO2/c1-16-9-6-12(7-9,8-15)14-11-5-3-2-4-10(11)13/h2-5,9,14-15H,6-8H2,1H3. The zero-order valence-electron chi connectivity index (χ0n) is 9.24. The molecule has 1 saturated carbocycles. The molecule has 1 aliphatic carbocycles. The SMILES string of the molecule is COC1CC(CO)(Nc2ccccc2Cl)C1. The van der Waals surface area contributed by atoms with Gasteiger partial charge in [0.1, 0.15) is 0 Å². The largest absolute Gasteiger partial charge is 0.394 e. The maximum Gasteiger partial charge on any atom is 0.0663 e. The summed E-state index contributed by atoms with van der Waals surface area (Å²) in [5.41, 5.74) is 0.596. The van der Waals surface area contributed by atoms with Crippen LogP contribution in [0.5, 0.6) is 0 Å². The van der Waals surface area contributed by atoms with E-state index in [1.165, 1.54) is 0 Å². The first-order valence-corrected chi connectivity index (χ1v) is 5.73. The molecule has 1 fully saturated rings. The molecule has 1 aromatic carbocycles. The van der Waals surface area contributed by atoms with Crippen molar-refractivity contribution in [3.05, 3.63) is 29.3 Å². The normalized spacial score (nSPS) is 28.6. The van der Waals surface area contributed by atoms with Crippen LogP contribution in [0.3, 0.4) is 0 Å². The third kappa shape index (κ3) is 2.17. The van der Waals surface area contributed by atoms with Crippen LogP contribution in [0.1, 0.15) is 12.8 Å². The van der Waals surface area contributed by atoms with Crippen LogP contribution in [0.4, 0.5) is 5.69 Å². The van der Waals surface area contributed by atoms with Crippen molar-refractivity contribution >= 4 is 17.3 Å². The van der Waals surface area contributed by atoms with Crippen LogP contribution in [0.2, 0.25) is 5.02 Å². The molecule has 2 rings (SSSR count). The molecule has 16 heavy (non-hydrogen) atoms. The molecule has 1 aromatic rings. The Morgan fingerprint density at radius 2 is 2.19 bits per heavy atom. The molecular weight excluding hydrogens is 226 g/mol. The maximum absolute atomic E-state index is 9.44. The monoisotopic (exact) mass is 241 g/mol. The lowest BCUT2D eigenvalue weighted by Crippen LogP contribution is -2.56. The van der Waals surface area contributed by atoms with E-state index in [9.17, 15) is 5.11 Å². The van der Waals surface area contributed by atoms with Gasteiger partial charge in [-0.3, -0.25) is 0 Å². The zero-order chi connectivity index (χ0) is 11.6. The second-order valence-corrected chi connectivity index (χ2v) is 4.72.